The lowest BCUT2D eigenvalue weighted by molar-refractivity contribution is -0.144. The Hall–Kier alpha value is -4.36. The van der Waals surface area contributed by atoms with Gasteiger partial charge in [0.15, 0.2) is 11.5 Å². The number of carbonyl (C=O) groups excluding carboxylic acids is 2. The number of carbonyl (C=O) groups is 2. The fourth-order valence-corrected chi connectivity index (χ4v) is 5.19. The SMILES string of the molecule is COCC(OC(C)=O)S(=O)(=O)Oc1cccc(C2(c3cccc(-c4cccnc4F)c3)N=C(N)N(C)C2=O)c1. The van der Waals surface area contributed by atoms with Gasteiger partial charge in [0.2, 0.25) is 5.95 Å². The molecule has 0 fully saturated rings. The number of methoxy groups -OCH3 is 1. The highest BCUT2D eigenvalue weighted by Gasteiger charge is 2.50. The summed E-state index contributed by atoms with van der Waals surface area (Å²) in [6.07, 6.45) is 1.32. The first-order valence-corrected chi connectivity index (χ1v) is 13.0. The summed E-state index contributed by atoms with van der Waals surface area (Å²) in [6, 6.07) is 15.3. The largest absolute Gasteiger partial charge is 0.440 e. The minimum absolute atomic E-state index is 0.0769. The molecule has 2 aromatic carbocycles. The summed E-state index contributed by atoms with van der Waals surface area (Å²) in [4.78, 5) is 34.4. The number of amides is 1. The van der Waals surface area contributed by atoms with Gasteiger partial charge in [-0.3, -0.25) is 14.5 Å². The standard InChI is InChI=1S/C26H25FN4O7S/c1-16(32)37-22(15-36-3)39(34,35)38-20-10-5-9-19(14-20)26(24(33)31(2)25(28)30-26)18-8-4-7-17(13-18)21-11-6-12-29-23(21)27/h4-14,22H,15H2,1-3H3,(H2,28,30). The van der Waals surface area contributed by atoms with E-state index in [1.54, 1.807) is 42.5 Å². The summed E-state index contributed by atoms with van der Waals surface area (Å²) < 4.78 is 55.1. The number of hydrogen-bond acceptors (Lipinski definition) is 10. The molecular formula is C26H25FN4O7S. The van der Waals surface area contributed by atoms with E-state index in [4.69, 9.17) is 19.4 Å². The van der Waals surface area contributed by atoms with Gasteiger partial charge in [0, 0.05) is 32.8 Å². The number of aliphatic imine (C=N–C) groups is 1. The molecule has 3 aromatic rings. The fraction of sp³-hybridized carbons (Fsp3) is 0.231. The van der Waals surface area contributed by atoms with Crippen LogP contribution >= 0.6 is 0 Å². The van der Waals surface area contributed by atoms with Gasteiger partial charge in [-0.2, -0.15) is 12.8 Å². The van der Waals surface area contributed by atoms with Gasteiger partial charge < -0.3 is 19.4 Å². The number of esters is 1. The number of aromatic nitrogens is 1. The van der Waals surface area contributed by atoms with E-state index in [1.807, 2.05) is 0 Å². The highest BCUT2D eigenvalue weighted by atomic mass is 32.2. The molecule has 2 atom stereocenters. The Morgan fingerprint density at radius 1 is 1.13 bits per heavy atom. The number of likely N-dealkylation sites (N-methyl/N-ethyl adjacent to an activating group) is 1. The molecule has 0 aliphatic carbocycles. The van der Waals surface area contributed by atoms with Gasteiger partial charge in [0.05, 0.1) is 0 Å². The van der Waals surface area contributed by atoms with Crippen molar-refractivity contribution >= 4 is 28.0 Å². The highest BCUT2D eigenvalue weighted by Crippen LogP contribution is 2.41. The molecule has 2 heterocycles. The molecule has 2 N–H and O–H groups in total. The smallest absolute Gasteiger partial charge is 0.350 e. The van der Waals surface area contributed by atoms with Gasteiger partial charge >= 0.3 is 16.1 Å². The molecule has 204 valence electrons. The third kappa shape index (κ3) is 5.31. The highest BCUT2D eigenvalue weighted by molar-refractivity contribution is 7.87. The third-order valence-electron chi connectivity index (χ3n) is 5.98. The molecule has 1 aromatic heterocycles. The van der Waals surface area contributed by atoms with E-state index >= 15 is 0 Å². The molecule has 0 saturated heterocycles. The second-order valence-electron chi connectivity index (χ2n) is 8.57. The fourth-order valence-electron chi connectivity index (χ4n) is 4.16. The summed E-state index contributed by atoms with van der Waals surface area (Å²) in [6.45, 7) is 0.589. The molecule has 0 bridgehead atoms. The zero-order valence-corrected chi connectivity index (χ0v) is 22.0. The van der Waals surface area contributed by atoms with Crippen LogP contribution in [-0.2, 0) is 34.7 Å². The van der Waals surface area contributed by atoms with Gasteiger partial charge in [-0.05, 0) is 47.0 Å². The summed E-state index contributed by atoms with van der Waals surface area (Å²) >= 11 is 0. The van der Waals surface area contributed by atoms with Crippen molar-refractivity contribution < 1.29 is 36.1 Å². The molecule has 4 rings (SSSR count). The summed E-state index contributed by atoms with van der Waals surface area (Å²) in [5, 5.41) is 0. The third-order valence-corrected chi connectivity index (χ3v) is 7.28. The number of nitrogens with zero attached hydrogens (tertiary/aromatic N) is 3. The van der Waals surface area contributed by atoms with Crippen molar-refractivity contribution in [2.75, 3.05) is 20.8 Å². The monoisotopic (exact) mass is 556 g/mol. The average Bonchev–Trinajstić information content (AvgIpc) is 3.13. The first-order valence-electron chi connectivity index (χ1n) is 11.5. The van der Waals surface area contributed by atoms with Crippen LogP contribution in [0.1, 0.15) is 18.1 Å². The number of nitrogens with two attached hydrogens (primary N) is 1. The van der Waals surface area contributed by atoms with Gasteiger partial charge in [-0.15, -0.1) is 0 Å². The van der Waals surface area contributed by atoms with Crippen molar-refractivity contribution in [3.63, 3.8) is 0 Å². The van der Waals surface area contributed by atoms with E-state index in [1.165, 1.54) is 38.6 Å². The van der Waals surface area contributed by atoms with Crippen LogP contribution in [0.2, 0.25) is 0 Å². The second-order valence-corrected chi connectivity index (χ2v) is 10.2. The minimum atomic E-state index is -4.51. The molecule has 39 heavy (non-hydrogen) atoms. The Morgan fingerprint density at radius 3 is 2.44 bits per heavy atom. The lowest BCUT2D eigenvalue weighted by atomic mass is 9.81. The van der Waals surface area contributed by atoms with Crippen molar-refractivity contribution in [1.29, 1.82) is 0 Å². The van der Waals surface area contributed by atoms with Crippen LogP contribution < -0.4 is 9.92 Å². The number of rotatable bonds is 9. The maximum absolute atomic E-state index is 14.5. The lowest BCUT2D eigenvalue weighted by Crippen LogP contribution is -2.41. The Labute approximate surface area is 224 Å². The number of ether oxygens (including phenoxy) is 2. The van der Waals surface area contributed by atoms with Crippen LogP contribution in [0.15, 0.2) is 71.9 Å². The van der Waals surface area contributed by atoms with Gasteiger partial charge in [-0.1, -0.05) is 30.3 Å². The van der Waals surface area contributed by atoms with E-state index in [0.717, 1.165) is 11.8 Å². The van der Waals surface area contributed by atoms with Crippen LogP contribution in [0.5, 0.6) is 5.75 Å². The molecule has 0 saturated carbocycles. The summed E-state index contributed by atoms with van der Waals surface area (Å²) in [5.74, 6) is -2.31. The van der Waals surface area contributed by atoms with Gasteiger partial charge in [0.1, 0.15) is 12.4 Å². The van der Waals surface area contributed by atoms with E-state index < -0.39 is 45.5 Å². The molecule has 1 aliphatic rings. The van der Waals surface area contributed by atoms with Crippen LogP contribution in [0.3, 0.4) is 0 Å². The maximum atomic E-state index is 14.5. The number of pyridine rings is 1. The topological polar surface area (TPSA) is 150 Å². The Balaban J connectivity index is 1.82. The van der Waals surface area contributed by atoms with E-state index in [-0.39, 0.29) is 22.8 Å². The predicted octanol–water partition coefficient (Wildman–Crippen LogP) is 2.16. The molecule has 13 heteroatoms. The molecular weight excluding hydrogens is 531 g/mol. The van der Waals surface area contributed by atoms with E-state index in [9.17, 15) is 22.4 Å². The Kier molecular flexibility index (Phi) is 7.65. The molecule has 2 unspecified atom stereocenters. The average molecular weight is 557 g/mol. The number of halogens is 1. The summed E-state index contributed by atoms with van der Waals surface area (Å²) in [5.41, 5.74) is 3.81. The van der Waals surface area contributed by atoms with Crippen molar-refractivity contribution in [2.45, 2.75) is 17.9 Å². The lowest BCUT2D eigenvalue weighted by Gasteiger charge is -2.27. The molecule has 1 aliphatic heterocycles. The number of benzene rings is 2. The van der Waals surface area contributed by atoms with Crippen LogP contribution in [0.4, 0.5) is 4.39 Å². The zero-order valence-electron chi connectivity index (χ0n) is 21.2. The normalized spacial score (nSPS) is 18.0. The molecule has 11 nitrogen and oxygen atoms in total. The molecule has 0 spiro atoms. The van der Waals surface area contributed by atoms with E-state index in [2.05, 4.69) is 9.98 Å². The maximum Gasteiger partial charge on any atom is 0.350 e. The first kappa shape index (κ1) is 27.7. The van der Waals surface area contributed by atoms with Crippen molar-refractivity contribution in [3.8, 4) is 16.9 Å². The van der Waals surface area contributed by atoms with Gasteiger partial charge in [0.25, 0.3) is 11.3 Å². The number of guanidine groups is 1. The molecule has 0 radical (unpaired) electrons. The quantitative estimate of drug-likeness (QED) is 0.238. The Bertz CT molecular complexity index is 1560. The second kappa shape index (κ2) is 10.8. The zero-order chi connectivity index (χ0) is 28.4. The van der Waals surface area contributed by atoms with Crippen molar-refractivity contribution in [1.82, 2.24) is 9.88 Å². The van der Waals surface area contributed by atoms with Gasteiger partial charge in [-0.25, -0.2) is 9.98 Å². The van der Waals surface area contributed by atoms with Crippen LogP contribution in [0.25, 0.3) is 11.1 Å². The minimum Gasteiger partial charge on any atom is -0.440 e. The molecule has 1 amide bonds. The predicted molar refractivity (Wildman–Crippen MR) is 138 cm³/mol. The first-order chi connectivity index (χ1) is 18.5. The van der Waals surface area contributed by atoms with Crippen molar-refractivity contribution in [3.05, 3.63) is 83.9 Å². The number of hydrogen-bond donors (Lipinski definition) is 1. The van der Waals surface area contributed by atoms with Crippen LogP contribution in [-0.4, -0.2) is 62.3 Å². The van der Waals surface area contributed by atoms with E-state index in [0.29, 0.717) is 11.1 Å². The van der Waals surface area contributed by atoms with Crippen molar-refractivity contribution in [2.24, 2.45) is 10.7 Å². The Morgan fingerprint density at radius 2 is 1.82 bits per heavy atom. The van der Waals surface area contributed by atoms with Crippen LogP contribution in [0, 0.1) is 5.95 Å². The summed E-state index contributed by atoms with van der Waals surface area (Å²) in [7, 11) is -1.82.